The lowest BCUT2D eigenvalue weighted by Gasteiger charge is -2.23. The first-order valence-corrected chi connectivity index (χ1v) is 6.25. The van der Waals surface area contributed by atoms with Crippen LogP contribution in [0.1, 0.15) is 30.4 Å². The van der Waals surface area contributed by atoms with Gasteiger partial charge in [0.05, 0.1) is 17.7 Å². The van der Waals surface area contributed by atoms with Crippen molar-refractivity contribution in [1.29, 1.82) is 0 Å². The van der Waals surface area contributed by atoms with Gasteiger partial charge in [0, 0.05) is 32.2 Å². The Labute approximate surface area is 113 Å². The Bertz CT molecular complexity index is 407. The molecule has 0 radical (unpaired) electrons. The Morgan fingerprint density at radius 2 is 2.21 bits per heavy atom. The van der Waals surface area contributed by atoms with Crippen LogP contribution in [0.2, 0.25) is 0 Å². The molecule has 19 heavy (non-hydrogen) atoms. The summed E-state index contributed by atoms with van der Waals surface area (Å²) in [5, 5.41) is 16.5. The van der Waals surface area contributed by atoms with E-state index in [-0.39, 0.29) is 18.9 Å². The molecule has 108 valence electrons. The van der Waals surface area contributed by atoms with E-state index < -0.39 is 5.60 Å². The molecular weight excluding hydrogens is 248 g/mol. The first-order chi connectivity index (χ1) is 8.85. The number of rotatable bonds is 7. The van der Waals surface area contributed by atoms with E-state index in [0.29, 0.717) is 18.8 Å². The van der Waals surface area contributed by atoms with Crippen molar-refractivity contribution in [3.63, 3.8) is 0 Å². The number of aromatic nitrogens is 1. The van der Waals surface area contributed by atoms with E-state index in [0.717, 1.165) is 11.3 Å². The fraction of sp³-hybridized carbons (Fsp3) is 0.692. The molecule has 0 fully saturated rings. The first-order valence-electron chi connectivity index (χ1n) is 6.25. The standard InChI is InChI=1S/C13H22N2O4/c1-9-11(10(2)19-15-9)7-12(16)14-8-13(3,17)5-6-18-4/h17H,5-8H2,1-4H3,(H,14,16). The molecule has 1 atom stereocenters. The minimum atomic E-state index is -0.968. The van der Waals surface area contributed by atoms with E-state index in [1.54, 1.807) is 27.9 Å². The molecule has 6 heteroatoms. The summed E-state index contributed by atoms with van der Waals surface area (Å²) in [6, 6.07) is 0. The van der Waals surface area contributed by atoms with Gasteiger partial charge in [-0.1, -0.05) is 5.16 Å². The molecular formula is C13H22N2O4. The molecule has 0 saturated carbocycles. The third-order valence-electron chi connectivity index (χ3n) is 3.03. The largest absolute Gasteiger partial charge is 0.388 e. The molecule has 2 N–H and O–H groups in total. The van der Waals surface area contributed by atoms with Crippen molar-refractivity contribution >= 4 is 5.91 Å². The van der Waals surface area contributed by atoms with Gasteiger partial charge in [0.25, 0.3) is 0 Å². The maximum atomic E-state index is 11.8. The van der Waals surface area contributed by atoms with Gasteiger partial charge in [-0.25, -0.2) is 0 Å². The highest BCUT2D eigenvalue weighted by molar-refractivity contribution is 5.79. The number of carbonyl (C=O) groups excluding carboxylic acids is 1. The highest BCUT2D eigenvalue weighted by atomic mass is 16.5. The maximum absolute atomic E-state index is 11.8. The SMILES string of the molecule is COCCC(C)(O)CNC(=O)Cc1c(C)noc1C. The smallest absolute Gasteiger partial charge is 0.224 e. The zero-order valence-electron chi connectivity index (χ0n) is 11.9. The van der Waals surface area contributed by atoms with Crippen molar-refractivity contribution in [3.05, 3.63) is 17.0 Å². The molecule has 0 bridgehead atoms. The molecule has 0 aliphatic heterocycles. The van der Waals surface area contributed by atoms with Crippen molar-refractivity contribution in [3.8, 4) is 0 Å². The normalized spacial score (nSPS) is 14.2. The molecule has 0 aliphatic carbocycles. The summed E-state index contributed by atoms with van der Waals surface area (Å²) in [6.07, 6.45) is 0.677. The summed E-state index contributed by atoms with van der Waals surface area (Å²) in [5.41, 5.74) is 0.553. The summed E-state index contributed by atoms with van der Waals surface area (Å²) in [5.74, 6) is 0.492. The fourth-order valence-electron chi connectivity index (χ4n) is 1.68. The average Bonchev–Trinajstić information content (AvgIpc) is 2.66. The number of aryl methyl sites for hydroxylation is 2. The zero-order valence-corrected chi connectivity index (χ0v) is 11.9. The predicted molar refractivity (Wildman–Crippen MR) is 69.8 cm³/mol. The fourth-order valence-corrected chi connectivity index (χ4v) is 1.68. The molecule has 1 amide bonds. The molecule has 0 saturated heterocycles. The highest BCUT2D eigenvalue weighted by Gasteiger charge is 2.21. The monoisotopic (exact) mass is 270 g/mol. The number of nitrogens with zero attached hydrogens (tertiary/aromatic N) is 1. The summed E-state index contributed by atoms with van der Waals surface area (Å²) in [7, 11) is 1.58. The van der Waals surface area contributed by atoms with Gasteiger partial charge in [0.2, 0.25) is 5.91 Å². The summed E-state index contributed by atoms with van der Waals surface area (Å²) in [6.45, 7) is 5.89. The number of hydrogen-bond acceptors (Lipinski definition) is 5. The second-order valence-electron chi connectivity index (χ2n) is 5.00. The maximum Gasteiger partial charge on any atom is 0.224 e. The van der Waals surface area contributed by atoms with Crippen LogP contribution in [-0.2, 0) is 16.0 Å². The number of methoxy groups -OCH3 is 1. The number of amides is 1. The van der Waals surface area contributed by atoms with Crippen LogP contribution in [0.15, 0.2) is 4.52 Å². The second-order valence-corrected chi connectivity index (χ2v) is 5.00. The molecule has 1 aromatic rings. The molecule has 6 nitrogen and oxygen atoms in total. The van der Waals surface area contributed by atoms with E-state index in [2.05, 4.69) is 10.5 Å². The van der Waals surface area contributed by atoms with Crippen LogP contribution in [0.3, 0.4) is 0 Å². The Morgan fingerprint density at radius 3 is 2.74 bits per heavy atom. The van der Waals surface area contributed by atoms with Crippen molar-refractivity contribution in [1.82, 2.24) is 10.5 Å². The summed E-state index contributed by atoms with van der Waals surface area (Å²) < 4.78 is 9.91. The molecule has 0 spiro atoms. The van der Waals surface area contributed by atoms with Gasteiger partial charge in [0.15, 0.2) is 0 Å². The Morgan fingerprint density at radius 1 is 1.53 bits per heavy atom. The van der Waals surface area contributed by atoms with E-state index in [4.69, 9.17) is 9.26 Å². The lowest BCUT2D eigenvalue weighted by atomic mass is 10.0. The Balaban J connectivity index is 2.44. The number of hydrogen-bond donors (Lipinski definition) is 2. The van der Waals surface area contributed by atoms with Crippen LogP contribution < -0.4 is 5.32 Å². The third-order valence-corrected chi connectivity index (χ3v) is 3.03. The highest BCUT2D eigenvalue weighted by Crippen LogP contribution is 2.13. The van der Waals surface area contributed by atoms with Gasteiger partial charge < -0.3 is 19.7 Å². The lowest BCUT2D eigenvalue weighted by molar-refractivity contribution is -0.121. The van der Waals surface area contributed by atoms with Crippen LogP contribution in [0, 0.1) is 13.8 Å². The van der Waals surface area contributed by atoms with Crippen LogP contribution in [0.4, 0.5) is 0 Å². The molecule has 0 aliphatic rings. The third kappa shape index (κ3) is 5.00. The van der Waals surface area contributed by atoms with Gasteiger partial charge in [-0.2, -0.15) is 0 Å². The van der Waals surface area contributed by atoms with E-state index in [9.17, 15) is 9.90 Å². The van der Waals surface area contributed by atoms with Gasteiger partial charge in [0.1, 0.15) is 5.76 Å². The number of ether oxygens (including phenoxy) is 1. The minimum absolute atomic E-state index is 0.160. The first kappa shape index (κ1) is 15.7. The number of carbonyl (C=O) groups is 1. The van der Waals surface area contributed by atoms with E-state index in [1.807, 2.05) is 0 Å². The van der Waals surface area contributed by atoms with Crippen LogP contribution in [0.5, 0.6) is 0 Å². The van der Waals surface area contributed by atoms with Gasteiger partial charge in [-0.3, -0.25) is 4.79 Å². The molecule has 0 aromatic carbocycles. The summed E-state index contributed by atoms with van der Waals surface area (Å²) >= 11 is 0. The van der Waals surface area contributed by atoms with Crippen LogP contribution >= 0.6 is 0 Å². The molecule has 1 rings (SSSR count). The van der Waals surface area contributed by atoms with Crippen molar-refractivity contribution in [2.24, 2.45) is 0 Å². The molecule has 1 aromatic heterocycles. The number of nitrogens with one attached hydrogen (secondary N) is 1. The van der Waals surface area contributed by atoms with E-state index in [1.165, 1.54) is 0 Å². The Hall–Kier alpha value is -1.40. The van der Waals surface area contributed by atoms with E-state index >= 15 is 0 Å². The minimum Gasteiger partial charge on any atom is -0.388 e. The van der Waals surface area contributed by atoms with Gasteiger partial charge in [-0.05, 0) is 20.8 Å². The van der Waals surface area contributed by atoms with Gasteiger partial charge >= 0.3 is 0 Å². The van der Waals surface area contributed by atoms with Crippen molar-refractivity contribution < 1.29 is 19.2 Å². The quantitative estimate of drug-likeness (QED) is 0.763. The molecule has 1 unspecified atom stereocenters. The Kier molecular flexibility index (Phi) is 5.50. The predicted octanol–water partition coefficient (Wildman–Crippen LogP) is 0.738. The molecule has 1 heterocycles. The topological polar surface area (TPSA) is 84.6 Å². The van der Waals surface area contributed by atoms with Crippen molar-refractivity contribution in [2.75, 3.05) is 20.3 Å². The van der Waals surface area contributed by atoms with Crippen LogP contribution in [-0.4, -0.2) is 42.0 Å². The van der Waals surface area contributed by atoms with Crippen LogP contribution in [0.25, 0.3) is 0 Å². The zero-order chi connectivity index (χ0) is 14.5. The van der Waals surface area contributed by atoms with Crippen molar-refractivity contribution in [2.45, 2.75) is 39.2 Å². The number of aliphatic hydroxyl groups is 1. The summed E-state index contributed by atoms with van der Waals surface area (Å²) in [4.78, 5) is 11.8. The lowest BCUT2D eigenvalue weighted by Crippen LogP contribution is -2.41. The second kappa shape index (κ2) is 6.68. The van der Waals surface area contributed by atoms with Gasteiger partial charge in [-0.15, -0.1) is 0 Å². The average molecular weight is 270 g/mol.